The van der Waals surface area contributed by atoms with Crippen LogP contribution in [0.5, 0.6) is 0 Å². The van der Waals surface area contributed by atoms with Gasteiger partial charge in [0.05, 0.1) is 0 Å². The third-order valence-electron chi connectivity index (χ3n) is 3.20. The topological polar surface area (TPSA) is 0 Å². The zero-order valence-corrected chi connectivity index (χ0v) is 9.98. The number of rotatable bonds is 2. The summed E-state index contributed by atoms with van der Waals surface area (Å²) in [6, 6.07) is 10.7. The van der Waals surface area contributed by atoms with Gasteiger partial charge in [0.25, 0.3) is 0 Å². The van der Waals surface area contributed by atoms with Gasteiger partial charge in [0.1, 0.15) is 0 Å². The highest BCUT2D eigenvalue weighted by Crippen LogP contribution is 2.32. The largest absolute Gasteiger partial charge is 0.0807 e. The summed E-state index contributed by atoms with van der Waals surface area (Å²) in [6.07, 6.45) is 12.1. The highest BCUT2D eigenvalue weighted by molar-refractivity contribution is 5.42. The van der Waals surface area contributed by atoms with Crippen molar-refractivity contribution in [2.24, 2.45) is 0 Å². The lowest BCUT2D eigenvalue weighted by Gasteiger charge is -2.26. The minimum Gasteiger partial charge on any atom is -0.0807 e. The number of benzene rings is 1. The maximum Gasteiger partial charge on any atom is 0.0146 e. The summed E-state index contributed by atoms with van der Waals surface area (Å²) in [7, 11) is 0. The molecule has 2 rings (SSSR count). The van der Waals surface area contributed by atoms with Crippen molar-refractivity contribution in [1.29, 1.82) is 0 Å². The molecule has 1 aromatic carbocycles. The Morgan fingerprint density at radius 2 is 1.75 bits per heavy atom. The molecular weight excluding hydrogens is 192 g/mol. The van der Waals surface area contributed by atoms with E-state index >= 15 is 0 Å². The van der Waals surface area contributed by atoms with Gasteiger partial charge in [0, 0.05) is 5.41 Å². The third-order valence-corrected chi connectivity index (χ3v) is 3.20. The van der Waals surface area contributed by atoms with Crippen molar-refractivity contribution < 1.29 is 0 Å². The molecule has 0 N–H and O–H groups in total. The van der Waals surface area contributed by atoms with Gasteiger partial charge >= 0.3 is 0 Å². The Bertz CT molecular complexity index is 430. The van der Waals surface area contributed by atoms with Crippen molar-refractivity contribution >= 4 is 0 Å². The molecule has 0 saturated carbocycles. The van der Waals surface area contributed by atoms with E-state index in [1.807, 2.05) is 0 Å². The Morgan fingerprint density at radius 1 is 1.00 bits per heavy atom. The Balaban J connectivity index is 2.39. The van der Waals surface area contributed by atoms with Gasteiger partial charge in [-0.1, -0.05) is 74.6 Å². The lowest BCUT2D eigenvalue weighted by Crippen LogP contribution is -2.19. The van der Waals surface area contributed by atoms with Crippen LogP contribution in [0, 0.1) is 0 Å². The molecule has 0 aromatic heterocycles. The van der Waals surface area contributed by atoms with Crippen molar-refractivity contribution in [3.63, 3.8) is 0 Å². The van der Waals surface area contributed by atoms with Crippen molar-refractivity contribution in [1.82, 2.24) is 0 Å². The number of hydrogen-bond acceptors (Lipinski definition) is 0. The van der Waals surface area contributed by atoms with Gasteiger partial charge in [-0.15, -0.1) is 0 Å². The highest BCUT2D eigenvalue weighted by atomic mass is 14.3. The fraction of sp³-hybridized carbons (Fsp3) is 0.250. The van der Waals surface area contributed by atoms with Crippen LogP contribution in [0.3, 0.4) is 0 Å². The van der Waals surface area contributed by atoms with Crippen LogP contribution in [0.1, 0.15) is 25.8 Å². The summed E-state index contributed by atoms with van der Waals surface area (Å²) < 4.78 is 0. The van der Waals surface area contributed by atoms with Gasteiger partial charge in [-0.2, -0.15) is 0 Å². The Labute approximate surface area is 98.0 Å². The first-order valence-corrected chi connectivity index (χ1v) is 5.80. The zero-order valence-electron chi connectivity index (χ0n) is 9.98. The van der Waals surface area contributed by atoms with Gasteiger partial charge < -0.3 is 0 Å². The van der Waals surface area contributed by atoms with Crippen molar-refractivity contribution in [2.45, 2.75) is 25.7 Å². The smallest absolute Gasteiger partial charge is 0.0146 e. The van der Waals surface area contributed by atoms with E-state index in [0.29, 0.717) is 0 Å². The van der Waals surface area contributed by atoms with E-state index in [2.05, 4.69) is 74.6 Å². The van der Waals surface area contributed by atoms with E-state index in [1.54, 1.807) is 0 Å². The van der Waals surface area contributed by atoms with Crippen LogP contribution in [0.2, 0.25) is 0 Å². The van der Waals surface area contributed by atoms with Crippen LogP contribution in [-0.2, 0) is 5.41 Å². The minimum absolute atomic E-state index is 0.0758. The maximum atomic E-state index is 2.28. The molecule has 0 radical (unpaired) electrons. The van der Waals surface area contributed by atoms with Crippen molar-refractivity contribution in [2.75, 3.05) is 0 Å². The molecule has 1 aliphatic rings. The summed E-state index contributed by atoms with van der Waals surface area (Å²) >= 11 is 0. The molecule has 82 valence electrons. The zero-order chi connectivity index (χ0) is 11.4. The second-order valence-electron chi connectivity index (χ2n) is 4.68. The standard InChI is InChI=1S/C16H18/c1-16(2,15-12-8-5-9-13-15)14-10-6-3-4-7-11-14/h3,5-13H,4H2,1-2H3. The van der Waals surface area contributed by atoms with E-state index in [1.165, 1.54) is 11.1 Å². The maximum absolute atomic E-state index is 2.28. The van der Waals surface area contributed by atoms with Crippen LogP contribution < -0.4 is 0 Å². The van der Waals surface area contributed by atoms with Crippen LogP contribution in [-0.4, -0.2) is 0 Å². The van der Waals surface area contributed by atoms with Crippen LogP contribution >= 0.6 is 0 Å². The second-order valence-corrected chi connectivity index (χ2v) is 4.68. The molecule has 0 bridgehead atoms. The molecule has 1 aromatic rings. The van der Waals surface area contributed by atoms with E-state index < -0.39 is 0 Å². The van der Waals surface area contributed by atoms with Crippen LogP contribution in [0.25, 0.3) is 0 Å². The van der Waals surface area contributed by atoms with Crippen LogP contribution in [0.15, 0.2) is 66.3 Å². The molecule has 0 heteroatoms. The predicted octanol–water partition coefficient (Wildman–Crippen LogP) is 4.41. The van der Waals surface area contributed by atoms with Crippen LogP contribution in [0.4, 0.5) is 0 Å². The van der Waals surface area contributed by atoms with E-state index in [4.69, 9.17) is 0 Å². The minimum atomic E-state index is 0.0758. The summed E-state index contributed by atoms with van der Waals surface area (Å²) in [5.74, 6) is 0. The average Bonchev–Trinajstić information content (AvgIpc) is 2.59. The molecule has 0 fully saturated rings. The van der Waals surface area contributed by atoms with Crippen molar-refractivity contribution in [3.8, 4) is 0 Å². The van der Waals surface area contributed by atoms with Gasteiger partial charge in [-0.25, -0.2) is 0 Å². The van der Waals surface area contributed by atoms with Gasteiger partial charge in [-0.3, -0.25) is 0 Å². The monoisotopic (exact) mass is 210 g/mol. The third kappa shape index (κ3) is 2.16. The summed E-state index contributed by atoms with van der Waals surface area (Å²) in [5, 5.41) is 0. The number of allylic oxidation sites excluding steroid dienone is 6. The van der Waals surface area contributed by atoms with Crippen molar-refractivity contribution in [3.05, 3.63) is 71.8 Å². The molecular formula is C16H18. The lowest BCUT2D eigenvalue weighted by molar-refractivity contribution is 0.639. The number of hydrogen-bond donors (Lipinski definition) is 0. The van der Waals surface area contributed by atoms with Gasteiger partial charge in [0.15, 0.2) is 0 Å². The molecule has 1 aliphatic carbocycles. The predicted molar refractivity (Wildman–Crippen MR) is 70.4 cm³/mol. The molecule has 0 nitrogen and oxygen atoms in total. The van der Waals surface area contributed by atoms with E-state index in [0.717, 1.165) is 6.42 Å². The molecule has 0 heterocycles. The fourth-order valence-corrected chi connectivity index (χ4v) is 2.02. The first-order valence-electron chi connectivity index (χ1n) is 5.80. The summed E-state index contributed by atoms with van der Waals surface area (Å²) in [4.78, 5) is 0. The molecule has 0 amide bonds. The fourth-order valence-electron chi connectivity index (χ4n) is 2.02. The molecule has 16 heavy (non-hydrogen) atoms. The normalized spacial score (nSPS) is 15.8. The van der Waals surface area contributed by atoms with E-state index in [9.17, 15) is 0 Å². The van der Waals surface area contributed by atoms with E-state index in [-0.39, 0.29) is 5.41 Å². The molecule has 0 aliphatic heterocycles. The second kappa shape index (κ2) is 4.52. The first-order chi connectivity index (χ1) is 7.71. The van der Waals surface area contributed by atoms with Gasteiger partial charge in [0.2, 0.25) is 0 Å². The lowest BCUT2D eigenvalue weighted by atomic mass is 9.77. The Hall–Kier alpha value is -1.56. The van der Waals surface area contributed by atoms with Gasteiger partial charge in [-0.05, 0) is 17.6 Å². The summed E-state index contributed by atoms with van der Waals surface area (Å²) in [6.45, 7) is 4.55. The molecule has 0 unspecified atom stereocenters. The molecule has 0 atom stereocenters. The molecule has 0 spiro atoms. The molecule has 0 saturated heterocycles. The summed E-state index contributed by atoms with van der Waals surface area (Å²) in [5.41, 5.74) is 2.81. The highest BCUT2D eigenvalue weighted by Gasteiger charge is 2.23. The Morgan fingerprint density at radius 3 is 2.50 bits per heavy atom. The SMILES string of the molecule is CC(C)(C1=CC=CCC=C1)c1ccccc1. The Kier molecular flexibility index (Phi) is 3.09. The first kappa shape index (κ1) is 10.9. The average molecular weight is 210 g/mol. The quantitative estimate of drug-likeness (QED) is 0.678.